The third-order valence-corrected chi connectivity index (χ3v) is 7.69. The van der Waals surface area contributed by atoms with E-state index in [4.69, 9.17) is 0 Å². The van der Waals surface area contributed by atoms with Crippen molar-refractivity contribution in [1.29, 1.82) is 0 Å². The van der Waals surface area contributed by atoms with Gasteiger partial charge in [-0.3, -0.25) is 9.98 Å². The molecule has 1 aromatic carbocycles. The van der Waals surface area contributed by atoms with Gasteiger partial charge in [-0.15, -0.1) is 10.2 Å². The van der Waals surface area contributed by atoms with Crippen molar-refractivity contribution >= 4 is 36.1 Å². The molecule has 2 atom stereocenters. The summed E-state index contributed by atoms with van der Waals surface area (Å²) in [5.74, 6) is 2.10. The SMILES string of the molecule is C=N/C(=C\N=CC)c1nnc(SCCCN2C[C@H]3CCN(c4ccc(C(F)(F)F)cc4)[C@H]3C2)n1C. The van der Waals surface area contributed by atoms with Gasteiger partial charge >= 0.3 is 6.18 Å². The molecule has 2 aliphatic rings. The summed E-state index contributed by atoms with van der Waals surface area (Å²) in [4.78, 5) is 12.8. The Kier molecular flexibility index (Phi) is 7.95. The quantitative estimate of drug-likeness (QED) is 0.283. The number of halogens is 3. The van der Waals surface area contributed by atoms with Crippen LogP contribution in [0.4, 0.5) is 18.9 Å². The monoisotopic (exact) mass is 505 g/mol. The molecule has 0 saturated carbocycles. The van der Waals surface area contributed by atoms with Gasteiger partial charge in [-0.2, -0.15) is 13.2 Å². The van der Waals surface area contributed by atoms with E-state index in [0.717, 1.165) is 55.6 Å². The number of benzene rings is 1. The Morgan fingerprint density at radius 2 is 2.00 bits per heavy atom. The van der Waals surface area contributed by atoms with Crippen molar-refractivity contribution in [3.8, 4) is 0 Å². The molecule has 7 nitrogen and oxygen atoms in total. The predicted molar refractivity (Wildman–Crippen MR) is 135 cm³/mol. The van der Waals surface area contributed by atoms with Crippen LogP contribution in [0.5, 0.6) is 0 Å². The van der Waals surface area contributed by atoms with E-state index in [9.17, 15) is 13.2 Å². The molecule has 0 spiro atoms. The lowest BCUT2D eigenvalue weighted by Gasteiger charge is -2.27. The van der Waals surface area contributed by atoms with Gasteiger partial charge in [-0.25, -0.2) is 0 Å². The number of hydrogen-bond donors (Lipinski definition) is 0. The molecular weight excluding hydrogens is 475 g/mol. The second kappa shape index (κ2) is 10.9. The number of fused-ring (bicyclic) bond motifs is 1. The van der Waals surface area contributed by atoms with Gasteiger partial charge in [0, 0.05) is 50.4 Å². The largest absolute Gasteiger partial charge is 0.416 e. The number of anilines is 1. The van der Waals surface area contributed by atoms with Crippen molar-refractivity contribution in [2.45, 2.75) is 37.1 Å². The Labute approximate surface area is 207 Å². The van der Waals surface area contributed by atoms with E-state index in [1.807, 2.05) is 18.5 Å². The highest BCUT2D eigenvalue weighted by Crippen LogP contribution is 2.37. The van der Waals surface area contributed by atoms with E-state index in [0.29, 0.717) is 23.5 Å². The number of rotatable bonds is 9. The molecule has 0 unspecified atom stereocenters. The van der Waals surface area contributed by atoms with Gasteiger partial charge in [0.05, 0.1) is 11.8 Å². The summed E-state index contributed by atoms with van der Waals surface area (Å²) in [6.45, 7) is 9.29. The van der Waals surface area contributed by atoms with Crippen LogP contribution in [0.15, 0.2) is 45.6 Å². The maximum atomic E-state index is 12.9. The van der Waals surface area contributed by atoms with Crippen molar-refractivity contribution < 1.29 is 13.2 Å². The smallest absolute Gasteiger partial charge is 0.367 e. The molecule has 0 N–H and O–H groups in total. The van der Waals surface area contributed by atoms with Crippen LogP contribution in [0.25, 0.3) is 5.70 Å². The van der Waals surface area contributed by atoms with Gasteiger partial charge in [-0.05, 0) is 63.2 Å². The lowest BCUT2D eigenvalue weighted by molar-refractivity contribution is -0.137. The van der Waals surface area contributed by atoms with E-state index in [1.54, 1.807) is 36.3 Å². The minimum atomic E-state index is -4.30. The Balaban J connectivity index is 1.27. The maximum absolute atomic E-state index is 12.9. The lowest BCUT2D eigenvalue weighted by Crippen LogP contribution is -2.35. The molecule has 0 radical (unpaired) electrons. The molecule has 35 heavy (non-hydrogen) atoms. The second-order valence-electron chi connectivity index (χ2n) is 8.76. The molecule has 0 amide bonds. The van der Waals surface area contributed by atoms with E-state index in [1.165, 1.54) is 12.1 Å². The number of hydrogen-bond acceptors (Lipinski definition) is 7. The fourth-order valence-electron chi connectivity index (χ4n) is 4.82. The highest BCUT2D eigenvalue weighted by Gasteiger charge is 2.41. The zero-order valence-corrected chi connectivity index (χ0v) is 20.8. The van der Waals surface area contributed by atoms with E-state index < -0.39 is 11.7 Å². The van der Waals surface area contributed by atoms with Crippen molar-refractivity contribution in [3.05, 3.63) is 41.9 Å². The molecule has 0 bridgehead atoms. The second-order valence-corrected chi connectivity index (χ2v) is 9.82. The van der Waals surface area contributed by atoms with E-state index in [-0.39, 0.29) is 0 Å². The molecule has 3 heterocycles. The van der Waals surface area contributed by atoms with Crippen LogP contribution in [0.1, 0.15) is 31.2 Å². The Morgan fingerprint density at radius 3 is 2.69 bits per heavy atom. The zero-order valence-electron chi connectivity index (χ0n) is 19.9. The van der Waals surface area contributed by atoms with Crippen molar-refractivity contribution in [2.24, 2.45) is 23.0 Å². The van der Waals surface area contributed by atoms with Crippen molar-refractivity contribution in [3.63, 3.8) is 0 Å². The van der Waals surface area contributed by atoms with Gasteiger partial charge in [0.25, 0.3) is 0 Å². The van der Waals surface area contributed by atoms with Gasteiger partial charge in [-0.1, -0.05) is 11.8 Å². The zero-order chi connectivity index (χ0) is 25.0. The normalized spacial score (nSPS) is 21.3. The third-order valence-electron chi connectivity index (χ3n) is 6.58. The van der Waals surface area contributed by atoms with Gasteiger partial charge in [0.1, 0.15) is 5.70 Å². The Bertz CT molecular complexity index is 1080. The summed E-state index contributed by atoms with van der Waals surface area (Å²) < 4.78 is 40.6. The predicted octanol–water partition coefficient (Wildman–Crippen LogP) is 4.62. The average molecular weight is 506 g/mol. The lowest BCUT2D eigenvalue weighted by atomic mass is 10.0. The number of thioether (sulfide) groups is 1. The van der Waals surface area contributed by atoms with E-state index in [2.05, 4.69) is 36.7 Å². The summed E-state index contributed by atoms with van der Waals surface area (Å²) in [7, 11) is 1.91. The first-order chi connectivity index (χ1) is 16.8. The fourth-order valence-corrected chi connectivity index (χ4v) is 5.66. The van der Waals surface area contributed by atoms with Gasteiger partial charge < -0.3 is 14.4 Å². The number of alkyl halides is 3. The Hall–Kier alpha value is -2.66. The molecule has 2 saturated heterocycles. The van der Waals surface area contributed by atoms with Crippen LogP contribution in [0.3, 0.4) is 0 Å². The topological polar surface area (TPSA) is 61.9 Å². The summed E-state index contributed by atoms with van der Waals surface area (Å²) in [6.07, 6.45) is 1.07. The van der Waals surface area contributed by atoms with Crippen molar-refractivity contribution in [2.75, 3.05) is 36.8 Å². The molecule has 2 fully saturated rings. The standard InChI is InChI=1S/C24H30F3N7S/c1-4-29-14-20(28-2)22-30-31-23(32(22)3)35-13-5-11-33-15-17-10-12-34(21(17)16-33)19-8-6-18(7-9-19)24(25,26)27/h4,6-9,14,17,21H,2,5,10-13,15-16H2,1,3H3/b20-14-,29-4?/t17-,21+/m1/s1. The summed E-state index contributed by atoms with van der Waals surface area (Å²) in [5, 5.41) is 9.33. The van der Waals surface area contributed by atoms with Crippen LogP contribution < -0.4 is 4.90 Å². The number of aliphatic imine (C=N–C) groups is 2. The molecular formula is C24H30F3N7S. The molecule has 0 aliphatic carbocycles. The first kappa shape index (κ1) is 25.4. The third kappa shape index (κ3) is 5.78. The number of nitrogens with zero attached hydrogens (tertiary/aromatic N) is 7. The van der Waals surface area contributed by atoms with Crippen molar-refractivity contribution in [1.82, 2.24) is 19.7 Å². The van der Waals surface area contributed by atoms with Gasteiger partial charge in [0.2, 0.25) is 0 Å². The average Bonchev–Trinajstić information content (AvgIpc) is 3.52. The summed E-state index contributed by atoms with van der Waals surface area (Å²) in [6, 6.07) is 5.95. The minimum absolute atomic E-state index is 0.364. The Morgan fingerprint density at radius 1 is 1.23 bits per heavy atom. The number of aromatic nitrogens is 3. The fraction of sp³-hybridized carbons (Fsp3) is 0.500. The number of likely N-dealkylation sites (tertiary alicyclic amines) is 1. The van der Waals surface area contributed by atoms with Crippen LogP contribution in [-0.2, 0) is 13.2 Å². The molecule has 11 heteroatoms. The molecule has 188 valence electrons. The molecule has 4 rings (SSSR count). The van der Waals surface area contributed by atoms with Crippen LogP contribution >= 0.6 is 11.8 Å². The first-order valence-corrected chi connectivity index (χ1v) is 12.6. The minimum Gasteiger partial charge on any atom is -0.367 e. The molecule has 2 aliphatic heterocycles. The van der Waals surface area contributed by atoms with Gasteiger partial charge in [0.15, 0.2) is 11.0 Å². The maximum Gasteiger partial charge on any atom is 0.416 e. The van der Waals surface area contributed by atoms with Crippen LogP contribution in [0.2, 0.25) is 0 Å². The molecule has 1 aromatic heterocycles. The van der Waals surface area contributed by atoms with Crippen LogP contribution in [-0.4, -0.2) is 70.6 Å². The molecule has 2 aromatic rings. The highest BCUT2D eigenvalue weighted by atomic mass is 32.2. The van der Waals surface area contributed by atoms with Crippen LogP contribution in [0, 0.1) is 5.92 Å². The summed E-state index contributed by atoms with van der Waals surface area (Å²) in [5.41, 5.74) is 0.860. The first-order valence-electron chi connectivity index (χ1n) is 11.6. The summed E-state index contributed by atoms with van der Waals surface area (Å²) >= 11 is 1.66. The van der Waals surface area contributed by atoms with E-state index >= 15 is 0 Å². The highest BCUT2D eigenvalue weighted by molar-refractivity contribution is 7.99.